The minimum atomic E-state index is -3.49. The summed E-state index contributed by atoms with van der Waals surface area (Å²) in [5.74, 6) is -4.39. The summed E-state index contributed by atoms with van der Waals surface area (Å²) in [5, 5.41) is 2.19. The molecule has 0 aromatic heterocycles. The fourth-order valence-corrected chi connectivity index (χ4v) is 1.95. The maximum Gasteiger partial charge on any atom is 0.408 e. The first-order chi connectivity index (χ1) is 11.5. The monoisotopic (exact) mass is 355 g/mol. The SMILES string of the molecule is COC(=O)/C=C/C(F)(F)[C@H](Cc1ccccc1)NC(=O)OC(C)(C)C. The van der Waals surface area contributed by atoms with E-state index in [2.05, 4.69) is 10.1 Å². The number of ether oxygens (including phenoxy) is 2. The van der Waals surface area contributed by atoms with E-state index >= 15 is 0 Å². The molecule has 1 aromatic rings. The number of benzene rings is 1. The number of rotatable bonds is 6. The van der Waals surface area contributed by atoms with Gasteiger partial charge in [0, 0.05) is 6.08 Å². The molecule has 7 heteroatoms. The molecular formula is C18H23F2NO4. The third-order valence-corrected chi connectivity index (χ3v) is 3.08. The maximum atomic E-state index is 14.5. The predicted octanol–water partition coefficient (Wildman–Crippen LogP) is 3.49. The molecule has 0 bridgehead atoms. The van der Waals surface area contributed by atoms with Crippen LogP contribution in [-0.4, -0.2) is 36.7 Å². The van der Waals surface area contributed by atoms with E-state index in [9.17, 15) is 18.4 Å². The topological polar surface area (TPSA) is 64.6 Å². The van der Waals surface area contributed by atoms with Crippen LogP contribution in [0.5, 0.6) is 0 Å². The quantitative estimate of drug-likeness (QED) is 0.627. The smallest absolute Gasteiger partial charge is 0.408 e. The highest BCUT2D eigenvalue weighted by atomic mass is 19.3. The predicted molar refractivity (Wildman–Crippen MR) is 89.4 cm³/mol. The standard InChI is InChI=1S/C18H23F2NO4/c1-17(2,3)25-16(23)21-14(12-13-8-6-5-7-9-13)18(19,20)11-10-15(22)24-4/h5-11,14H,12H2,1-4H3,(H,21,23)/b11-10+/t14-/m0/s1. The Morgan fingerprint density at radius 3 is 2.32 bits per heavy atom. The molecule has 0 fully saturated rings. The molecule has 138 valence electrons. The number of carbonyl (C=O) groups excluding carboxylic acids is 2. The Morgan fingerprint density at radius 1 is 1.20 bits per heavy atom. The molecule has 0 saturated heterocycles. The molecule has 0 saturated carbocycles. The van der Waals surface area contributed by atoms with E-state index in [1.54, 1.807) is 51.1 Å². The van der Waals surface area contributed by atoms with Crippen LogP contribution in [0.3, 0.4) is 0 Å². The van der Waals surface area contributed by atoms with Gasteiger partial charge in [0.2, 0.25) is 0 Å². The Hall–Kier alpha value is -2.44. The lowest BCUT2D eigenvalue weighted by molar-refractivity contribution is -0.135. The largest absolute Gasteiger partial charge is 0.466 e. The molecule has 25 heavy (non-hydrogen) atoms. The summed E-state index contributed by atoms with van der Waals surface area (Å²) >= 11 is 0. The van der Waals surface area contributed by atoms with E-state index in [4.69, 9.17) is 4.74 Å². The van der Waals surface area contributed by atoms with Gasteiger partial charge in [-0.25, -0.2) is 9.59 Å². The van der Waals surface area contributed by atoms with Gasteiger partial charge in [0.25, 0.3) is 5.92 Å². The molecule has 0 aliphatic carbocycles. The summed E-state index contributed by atoms with van der Waals surface area (Å²) in [4.78, 5) is 23.0. The molecule has 1 N–H and O–H groups in total. The highest BCUT2D eigenvalue weighted by Crippen LogP contribution is 2.24. The van der Waals surface area contributed by atoms with Gasteiger partial charge < -0.3 is 14.8 Å². The Bertz CT molecular complexity index is 609. The van der Waals surface area contributed by atoms with E-state index in [-0.39, 0.29) is 6.42 Å². The van der Waals surface area contributed by atoms with Gasteiger partial charge in [0.1, 0.15) is 11.6 Å². The number of esters is 1. The number of carbonyl (C=O) groups is 2. The van der Waals surface area contributed by atoms with Crippen LogP contribution in [0.2, 0.25) is 0 Å². The number of hydrogen-bond donors (Lipinski definition) is 1. The number of methoxy groups -OCH3 is 1. The summed E-state index contributed by atoms with van der Waals surface area (Å²) < 4.78 is 38.4. The highest BCUT2D eigenvalue weighted by Gasteiger charge is 2.39. The number of nitrogens with one attached hydrogen (secondary N) is 1. The molecule has 1 atom stereocenters. The average Bonchev–Trinajstić information content (AvgIpc) is 2.51. The fourth-order valence-electron chi connectivity index (χ4n) is 1.95. The van der Waals surface area contributed by atoms with Crippen molar-refractivity contribution in [2.75, 3.05) is 7.11 Å². The normalized spacial score (nSPS) is 13.4. The zero-order valence-corrected chi connectivity index (χ0v) is 14.7. The van der Waals surface area contributed by atoms with Gasteiger partial charge in [-0.05, 0) is 38.8 Å². The summed E-state index contributed by atoms with van der Waals surface area (Å²) in [7, 11) is 1.09. The zero-order chi connectivity index (χ0) is 19.1. The minimum Gasteiger partial charge on any atom is -0.466 e. The maximum absolute atomic E-state index is 14.5. The number of amides is 1. The lowest BCUT2D eigenvalue weighted by Gasteiger charge is -2.27. The number of alkyl halides is 2. The molecule has 1 rings (SSSR count). The van der Waals surface area contributed by atoms with Crippen LogP contribution >= 0.6 is 0 Å². The van der Waals surface area contributed by atoms with Gasteiger partial charge in [-0.3, -0.25) is 0 Å². The first-order valence-electron chi connectivity index (χ1n) is 7.72. The van der Waals surface area contributed by atoms with Crippen molar-refractivity contribution in [1.29, 1.82) is 0 Å². The molecule has 0 spiro atoms. The summed E-state index contributed by atoms with van der Waals surface area (Å²) in [6, 6.07) is 6.93. The molecule has 0 aliphatic rings. The van der Waals surface area contributed by atoms with E-state index in [1.165, 1.54) is 0 Å². The van der Waals surface area contributed by atoms with Crippen molar-refractivity contribution < 1.29 is 27.8 Å². The molecule has 0 aliphatic heterocycles. The Labute approximate surface area is 146 Å². The van der Waals surface area contributed by atoms with Crippen LogP contribution in [0.15, 0.2) is 42.5 Å². The third kappa shape index (κ3) is 7.78. The van der Waals surface area contributed by atoms with Crippen molar-refractivity contribution in [1.82, 2.24) is 5.32 Å². The zero-order valence-electron chi connectivity index (χ0n) is 14.7. The van der Waals surface area contributed by atoms with Gasteiger partial charge in [-0.15, -0.1) is 0 Å². The Kier molecular flexibility index (Phi) is 7.09. The van der Waals surface area contributed by atoms with Crippen LogP contribution in [0, 0.1) is 0 Å². The first-order valence-corrected chi connectivity index (χ1v) is 7.72. The average molecular weight is 355 g/mol. The molecule has 1 aromatic carbocycles. The third-order valence-electron chi connectivity index (χ3n) is 3.08. The molecule has 1 amide bonds. The molecule has 5 nitrogen and oxygen atoms in total. The second-order valence-corrected chi connectivity index (χ2v) is 6.42. The second-order valence-electron chi connectivity index (χ2n) is 6.42. The van der Waals surface area contributed by atoms with Crippen LogP contribution in [0.25, 0.3) is 0 Å². The van der Waals surface area contributed by atoms with Gasteiger partial charge in [-0.2, -0.15) is 8.78 Å². The summed E-state index contributed by atoms with van der Waals surface area (Å²) in [5.41, 5.74) is -0.215. The Balaban J connectivity index is 2.99. The van der Waals surface area contributed by atoms with Gasteiger partial charge >= 0.3 is 12.1 Å². The molecule has 0 heterocycles. The summed E-state index contributed by atoms with van der Waals surface area (Å²) in [6.07, 6.45) is -0.0449. The lowest BCUT2D eigenvalue weighted by Crippen LogP contribution is -2.49. The number of halogens is 2. The summed E-state index contributed by atoms with van der Waals surface area (Å²) in [6.45, 7) is 4.90. The van der Waals surface area contributed by atoms with Gasteiger partial charge in [0.05, 0.1) is 7.11 Å². The minimum absolute atomic E-state index is 0.140. The van der Waals surface area contributed by atoms with Crippen molar-refractivity contribution in [2.24, 2.45) is 0 Å². The van der Waals surface area contributed by atoms with Gasteiger partial charge in [0.15, 0.2) is 0 Å². The lowest BCUT2D eigenvalue weighted by atomic mass is 10.00. The first kappa shape index (κ1) is 20.6. The van der Waals surface area contributed by atoms with E-state index in [1.807, 2.05) is 0 Å². The number of alkyl carbamates (subject to hydrolysis) is 1. The van der Waals surface area contributed by atoms with Crippen molar-refractivity contribution >= 4 is 12.1 Å². The van der Waals surface area contributed by atoms with Crippen molar-refractivity contribution in [3.63, 3.8) is 0 Å². The fraction of sp³-hybridized carbons (Fsp3) is 0.444. The van der Waals surface area contributed by atoms with E-state index < -0.39 is 29.6 Å². The van der Waals surface area contributed by atoms with Crippen molar-refractivity contribution in [3.8, 4) is 0 Å². The van der Waals surface area contributed by atoms with Crippen molar-refractivity contribution in [2.45, 2.75) is 44.8 Å². The van der Waals surface area contributed by atoms with Crippen LogP contribution in [0.1, 0.15) is 26.3 Å². The molecule has 0 radical (unpaired) electrons. The van der Waals surface area contributed by atoms with Gasteiger partial charge in [-0.1, -0.05) is 30.3 Å². The van der Waals surface area contributed by atoms with E-state index in [0.29, 0.717) is 17.7 Å². The highest BCUT2D eigenvalue weighted by molar-refractivity contribution is 5.82. The second kappa shape index (κ2) is 8.60. The van der Waals surface area contributed by atoms with Crippen molar-refractivity contribution in [3.05, 3.63) is 48.0 Å². The molecule has 0 unspecified atom stereocenters. The molecular weight excluding hydrogens is 332 g/mol. The Morgan fingerprint density at radius 2 is 1.80 bits per heavy atom. The van der Waals surface area contributed by atoms with E-state index in [0.717, 1.165) is 7.11 Å². The number of hydrogen-bond acceptors (Lipinski definition) is 4. The van der Waals surface area contributed by atoms with Crippen LogP contribution < -0.4 is 5.32 Å². The van der Waals surface area contributed by atoms with Crippen LogP contribution in [0.4, 0.5) is 13.6 Å². The van der Waals surface area contributed by atoms with Crippen LogP contribution in [-0.2, 0) is 20.7 Å².